The van der Waals surface area contributed by atoms with E-state index >= 15 is 0 Å². The Kier molecular flexibility index (Phi) is 6.32. The summed E-state index contributed by atoms with van der Waals surface area (Å²) < 4.78 is 5.74. The van der Waals surface area contributed by atoms with Crippen LogP contribution in [0.5, 0.6) is 0 Å². The maximum absolute atomic E-state index is 12.3. The largest absolute Gasteiger partial charge is 0.372 e. The molecule has 2 atom stereocenters. The number of morpholine rings is 1. The number of amides is 1. The molecule has 0 aromatic heterocycles. The summed E-state index contributed by atoms with van der Waals surface area (Å²) in [6.45, 7) is 8.73. The summed E-state index contributed by atoms with van der Waals surface area (Å²) in [4.78, 5) is 16.1. The lowest BCUT2D eigenvalue weighted by atomic mass is 10.2. The van der Waals surface area contributed by atoms with E-state index in [-0.39, 0.29) is 18.1 Å². The van der Waals surface area contributed by atoms with Gasteiger partial charge < -0.3 is 19.9 Å². The Morgan fingerprint density at radius 2 is 1.68 bits per heavy atom. The van der Waals surface area contributed by atoms with Gasteiger partial charge in [0.15, 0.2) is 6.54 Å². The highest BCUT2D eigenvalue weighted by molar-refractivity contribution is 5.91. The fraction of sp³-hybridized carbons (Fsp3) is 0.650. The van der Waals surface area contributed by atoms with Gasteiger partial charge in [0.2, 0.25) is 0 Å². The van der Waals surface area contributed by atoms with Crippen LogP contribution in [-0.4, -0.2) is 50.8 Å². The Bertz CT molecular complexity index is 543. The number of hydrogen-bond acceptors (Lipinski definition) is 3. The molecule has 0 bridgehead atoms. The summed E-state index contributed by atoms with van der Waals surface area (Å²) in [7, 11) is 0. The van der Waals surface area contributed by atoms with E-state index in [0.717, 1.165) is 31.9 Å². The van der Waals surface area contributed by atoms with Crippen molar-refractivity contribution in [3.8, 4) is 0 Å². The van der Waals surface area contributed by atoms with Gasteiger partial charge in [0.25, 0.3) is 5.91 Å². The number of carbonyl (C=O) groups excluding carboxylic acids is 1. The SMILES string of the molecule is C[C@H]1C[NH+](CC(=O)Nc2ccc(N3CCCCCC3)cc2)C[C@H](C)O1. The third kappa shape index (κ3) is 5.44. The maximum Gasteiger partial charge on any atom is 0.279 e. The molecule has 2 heterocycles. The van der Waals surface area contributed by atoms with E-state index in [2.05, 4.69) is 36.2 Å². The molecule has 0 spiro atoms. The lowest BCUT2D eigenvalue weighted by Gasteiger charge is -2.31. The third-order valence-electron chi connectivity index (χ3n) is 5.15. The van der Waals surface area contributed by atoms with Crippen LogP contribution in [0.1, 0.15) is 39.5 Å². The number of carbonyl (C=O) groups is 1. The van der Waals surface area contributed by atoms with Crippen LogP contribution in [0.25, 0.3) is 0 Å². The number of rotatable bonds is 4. The molecule has 0 unspecified atom stereocenters. The predicted octanol–water partition coefficient (Wildman–Crippen LogP) is 1.70. The van der Waals surface area contributed by atoms with Crippen LogP contribution in [0.4, 0.5) is 11.4 Å². The monoisotopic (exact) mass is 346 g/mol. The molecule has 1 aromatic carbocycles. The highest BCUT2D eigenvalue weighted by Crippen LogP contribution is 2.21. The van der Waals surface area contributed by atoms with Crippen molar-refractivity contribution in [1.82, 2.24) is 0 Å². The summed E-state index contributed by atoms with van der Waals surface area (Å²) in [5, 5.41) is 3.04. The number of quaternary nitrogens is 1. The first kappa shape index (κ1) is 18.2. The van der Waals surface area contributed by atoms with E-state index in [1.807, 2.05) is 12.1 Å². The molecule has 2 aliphatic heterocycles. The van der Waals surface area contributed by atoms with Gasteiger partial charge in [-0.2, -0.15) is 0 Å². The zero-order valence-electron chi connectivity index (χ0n) is 15.6. The summed E-state index contributed by atoms with van der Waals surface area (Å²) in [6.07, 6.45) is 5.67. The minimum Gasteiger partial charge on any atom is -0.372 e. The minimum absolute atomic E-state index is 0.0822. The van der Waals surface area contributed by atoms with Crippen LogP contribution in [0.3, 0.4) is 0 Å². The molecular weight excluding hydrogens is 314 g/mol. The van der Waals surface area contributed by atoms with Gasteiger partial charge in [0, 0.05) is 24.5 Å². The van der Waals surface area contributed by atoms with Crippen molar-refractivity contribution >= 4 is 17.3 Å². The first-order valence-electron chi connectivity index (χ1n) is 9.74. The Morgan fingerprint density at radius 3 is 2.28 bits per heavy atom. The Labute approximate surface area is 151 Å². The molecule has 0 saturated carbocycles. The van der Waals surface area contributed by atoms with Gasteiger partial charge in [-0.1, -0.05) is 12.8 Å². The van der Waals surface area contributed by atoms with Crippen molar-refractivity contribution < 1.29 is 14.4 Å². The molecule has 5 heteroatoms. The molecule has 3 rings (SSSR count). The van der Waals surface area contributed by atoms with Gasteiger partial charge in [-0.3, -0.25) is 4.79 Å². The smallest absolute Gasteiger partial charge is 0.279 e. The zero-order valence-corrected chi connectivity index (χ0v) is 15.6. The van der Waals surface area contributed by atoms with Crippen LogP contribution < -0.4 is 15.1 Å². The molecule has 1 amide bonds. The molecule has 5 nitrogen and oxygen atoms in total. The van der Waals surface area contributed by atoms with E-state index < -0.39 is 0 Å². The van der Waals surface area contributed by atoms with Crippen LogP contribution >= 0.6 is 0 Å². The molecule has 1 aromatic rings. The van der Waals surface area contributed by atoms with Crippen molar-refractivity contribution in [1.29, 1.82) is 0 Å². The van der Waals surface area contributed by atoms with Crippen molar-refractivity contribution in [3.63, 3.8) is 0 Å². The molecule has 2 aliphatic rings. The number of ether oxygens (including phenoxy) is 1. The van der Waals surface area contributed by atoms with Crippen LogP contribution in [-0.2, 0) is 9.53 Å². The van der Waals surface area contributed by atoms with Gasteiger partial charge >= 0.3 is 0 Å². The summed E-state index contributed by atoms with van der Waals surface area (Å²) >= 11 is 0. The number of nitrogens with one attached hydrogen (secondary N) is 2. The van der Waals surface area contributed by atoms with E-state index in [4.69, 9.17) is 4.74 Å². The Balaban J connectivity index is 1.51. The average Bonchev–Trinajstić information content (AvgIpc) is 2.83. The molecule has 0 aliphatic carbocycles. The number of hydrogen-bond donors (Lipinski definition) is 2. The fourth-order valence-electron chi connectivity index (χ4n) is 4.05. The van der Waals surface area contributed by atoms with E-state index in [1.165, 1.54) is 36.3 Å². The Morgan fingerprint density at radius 1 is 1.08 bits per heavy atom. The second-order valence-corrected chi connectivity index (χ2v) is 7.59. The molecule has 25 heavy (non-hydrogen) atoms. The second-order valence-electron chi connectivity index (χ2n) is 7.59. The second kappa shape index (κ2) is 8.68. The molecule has 2 saturated heterocycles. The molecule has 138 valence electrons. The highest BCUT2D eigenvalue weighted by Gasteiger charge is 2.27. The third-order valence-corrected chi connectivity index (χ3v) is 5.15. The van der Waals surface area contributed by atoms with Gasteiger partial charge in [-0.15, -0.1) is 0 Å². The van der Waals surface area contributed by atoms with E-state index in [1.54, 1.807) is 0 Å². The van der Waals surface area contributed by atoms with Crippen molar-refractivity contribution in [3.05, 3.63) is 24.3 Å². The summed E-state index contributed by atoms with van der Waals surface area (Å²) in [5.41, 5.74) is 2.15. The van der Waals surface area contributed by atoms with Crippen LogP contribution in [0.15, 0.2) is 24.3 Å². The maximum atomic E-state index is 12.3. The molecule has 2 N–H and O–H groups in total. The lowest BCUT2D eigenvalue weighted by molar-refractivity contribution is -0.907. The molecule has 2 fully saturated rings. The minimum atomic E-state index is 0.0822. The highest BCUT2D eigenvalue weighted by atomic mass is 16.5. The quantitative estimate of drug-likeness (QED) is 0.872. The number of nitrogens with zero attached hydrogens (tertiary/aromatic N) is 1. The van der Waals surface area contributed by atoms with Crippen LogP contribution in [0, 0.1) is 0 Å². The zero-order chi connectivity index (χ0) is 17.6. The van der Waals surface area contributed by atoms with E-state index in [0.29, 0.717) is 6.54 Å². The molecular formula is C20H32N3O2+. The van der Waals surface area contributed by atoms with Gasteiger partial charge in [0.1, 0.15) is 25.3 Å². The number of benzene rings is 1. The lowest BCUT2D eigenvalue weighted by Crippen LogP contribution is -3.16. The molecule has 0 radical (unpaired) electrons. The van der Waals surface area contributed by atoms with Crippen LogP contribution in [0.2, 0.25) is 0 Å². The number of anilines is 2. The van der Waals surface area contributed by atoms with Crippen molar-refractivity contribution in [2.24, 2.45) is 0 Å². The normalized spacial score (nSPS) is 27.6. The first-order chi connectivity index (χ1) is 12.1. The predicted molar refractivity (Wildman–Crippen MR) is 101 cm³/mol. The summed E-state index contributed by atoms with van der Waals surface area (Å²) in [6, 6.07) is 8.31. The van der Waals surface area contributed by atoms with Crippen molar-refractivity contribution in [2.45, 2.75) is 51.7 Å². The van der Waals surface area contributed by atoms with Gasteiger partial charge in [-0.25, -0.2) is 0 Å². The van der Waals surface area contributed by atoms with Crippen molar-refractivity contribution in [2.75, 3.05) is 42.9 Å². The topological polar surface area (TPSA) is 46.0 Å². The Hall–Kier alpha value is -1.59. The fourth-order valence-corrected chi connectivity index (χ4v) is 4.05. The van der Waals surface area contributed by atoms with Gasteiger partial charge in [0.05, 0.1) is 0 Å². The average molecular weight is 346 g/mol. The van der Waals surface area contributed by atoms with E-state index in [9.17, 15) is 4.79 Å². The van der Waals surface area contributed by atoms with Gasteiger partial charge in [-0.05, 0) is 51.0 Å². The summed E-state index contributed by atoms with van der Waals surface area (Å²) in [5.74, 6) is 0.0822. The first-order valence-corrected chi connectivity index (χ1v) is 9.74. The standard InChI is InChI=1S/C20H31N3O2/c1-16-13-22(14-17(2)25-16)15-20(24)21-18-7-9-19(10-8-18)23-11-5-3-4-6-12-23/h7-10,16-17H,3-6,11-15H2,1-2H3,(H,21,24)/p+1/t16-,17-/m0/s1.